The minimum Gasteiger partial charge on any atom is -0.419 e. The highest BCUT2D eigenvalue weighted by Gasteiger charge is 2.15. The largest absolute Gasteiger partial charge is 0.419 e. The van der Waals surface area contributed by atoms with Crippen molar-refractivity contribution in [2.45, 2.75) is 26.8 Å². The average molecular weight is 335 g/mol. The lowest BCUT2D eigenvalue weighted by Gasteiger charge is -2.00. The molecular weight excluding hydrogens is 318 g/mol. The van der Waals surface area contributed by atoms with Gasteiger partial charge in [-0.25, -0.2) is 0 Å². The van der Waals surface area contributed by atoms with Crippen molar-refractivity contribution in [2.24, 2.45) is 0 Å². The Morgan fingerprint density at radius 3 is 2.64 bits per heavy atom. The summed E-state index contributed by atoms with van der Waals surface area (Å²) >= 11 is 0. The molecule has 0 unspecified atom stereocenters. The van der Waals surface area contributed by atoms with Crippen LogP contribution >= 0.6 is 0 Å². The molecule has 0 aliphatic heterocycles. The SMILES string of the molecule is Cc1cc(C)n(CCc2nnc(-c3cc(-c4ccccc4)on3)o2)n1. The lowest BCUT2D eigenvalue weighted by molar-refractivity contribution is 0.427. The summed E-state index contributed by atoms with van der Waals surface area (Å²) in [7, 11) is 0. The number of aromatic nitrogens is 5. The molecule has 0 amide bonds. The van der Waals surface area contributed by atoms with Crippen molar-refractivity contribution < 1.29 is 8.94 Å². The molecule has 0 aliphatic rings. The highest BCUT2D eigenvalue weighted by molar-refractivity contribution is 5.62. The van der Waals surface area contributed by atoms with E-state index in [1.54, 1.807) is 6.07 Å². The van der Waals surface area contributed by atoms with Crippen LogP contribution in [0.15, 0.2) is 51.4 Å². The van der Waals surface area contributed by atoms with Crippen LogP contribution in [0.5, 0.6) is 0 Å². The molecular formula is C18H17N5O2. The lowest BCUT2D eigenvalue weighted by atomic mass is 10.2. The van der Waals surface area contributed by atoms with Crippen LogP contribution in [0.1, 0.15) is 17.3 Å². The van der Waals surface area contributed by atoms with Gasteiger partial charge in [0.05, 0.1) is 5.69 Å². The zero-order valence-corrected chi connectivity index (χ0v) is 14.0. The zero-order chi connectivity index (χ0) is 17.2. The predicted molar refractivity (Wildman–Crippen MR) is 90.6 cm³/mol. The van der Waals surface area contributed by atoms with Gasteiger partial charge in [-0.05, 0) is 19.9 Å². The maximum Gasteiger partial charge on any atom is 0.269 e. The quantitative estimate of drug-likeness (QED) is 0.555. The van der Waals surface area contributed by atoms with Crippen molar-refractivity contribution in [3.8, 4) is 22.9 Å². The third kappa shape index (κ3) is 3.21. The summed E-state index contributed by atoms with van der Waals surface area (Å²) in [5.74, 6) is 1.57. The number of aryl methyl sites for hydroxylation is 4. The summed E-state index contributed by atoms with van der Waals surface area (Å²) < 4.78 is 13.0. The second-order valence-corrected chi connectivity index (χ2v) is 5.84. The van der Waals surface area contributed by atoms with Crippen LogP contribution in [0.3, 0.4) is 0 Å². The van der Waals surface area contributed by atoms with E-state index in [9.17, 15) is 0 Å². The topological polar surface area (TPSA) is 82.8 Å². The first-order chi connectivity index (χ1) is 12.2. The highest BCUT2D eigenvalue weighted by atomic mass is 16.5. The van der Waals surface area contributed by atoms with Crippen LogP contribution in [-0.2, 0) is 13.0 Å². The van der Waals surface area contributed by atoms with Gasteiger partial charge in [0.1, 0.15) is 0 Å². The fraction of sp³-hybridized carbons (Fsp3) is 0.222. The number of hydrogen-bond donors (Lipinski definition) is 0. The second kappa shape index (κ2) is 6.35. The molecule has 126 valence electrons. The molecule has 7 heteroatoms. The molecule has 7 nitrogen and oxygen atoms in total. The van der Waals surface area contributed by atoms with Crippen molar-refractivity contribution in [1.29, 1.82) is 0 Å². The molecule has 0 spiro atoms. The van der Waals surface area contributed by atoms with Gasteiger partial charge in [-0.15, -0.1) is 10.2 Å². The Hall–Kier alpha value is -3.22. The second-order valence-electron chi connectivity index (χ2n) is 5.84. The standard InChI is InChI=1S/C18H17N5O2/c1-12-10-13(2)23(21-12)9-8-17-19-20-18(24-17)15-11-16(25-22-15)14-6-4-3-5-7-14/h3-7,10-11H,8-9H2,1-2H3. The first-order valence-electron chi connectivity index (χ1n) is 8.05. The number of rotatable bonds is 5. The summed E-state index contributed by atoms with van der Waals surface area (Å²) in [6, 6.07) is 13.6. The first kappa shape index (κ1) is 15.3. The Kier molecular flexibility index (Phi) is 3.89. The molecule has 0 aliphatic carbocycles. The van der Waals surface area contributed by atoms with Crippen molar-refractivity contribution in [3.05, 3.63) is 59.7 Å². The monoisotopic (exact) mass is 335 g/mol. The van der Waals surface area contributed by atoms with E-state index in [4.69, 9.17) is 8.94 Å². The molecule has 0 saturated heterocycles. The zero-order valence-electron chi connectivity index (χ0n) is 14.0. The van der Waals surface area contributed by atoms with Gasteiger partial charge in [-0.2, -0.15) is 5.10 Å². The minimum absolute atomic E-state index is 0.356. The average Bonchev–Trinajstić information content (AvgIpc) is 3.33. The Labute approximate surface area is 144 Å². The molecule has 0 atom stereocenters. The molecule has 0 N–H and O–H groups in total. The van der Waals surface area contributed by atoms with E-state index in [0.717, 1.165) is 17.0 Å². The normalized spacial score (nSPS) is 11.1. The molecule has 0 bridgehead atoms. The van der Waals surface area contributed by atoms with Gasteiger partial charge in [0.2, 0.25) is 5.89 Å². The summed E-state index contributed by atoms with van der Waals surface area (Å²) in [5.41, 5.74) is 3.59. The molecule has 25 heavy (non-hydrogen) atoms. The van der Waals surface area contributed by atoms with Gasteiger partial charge < -0.3 is 8.94 Å². The van der Waals surface area contributed by atoms with E-state index >= 15 is 0 Å². The van der Waals surface area contributed by atoms with Crippen LogP contribution in [0.25, 0.3) is 22.9 Å². The van der Waals surface area contributed by atoms with Crippen LogP contribution in [0.4, 0.5) is 0 Å². The molecule has 0 saturated carbocycles. The molecule has 3 heterocycles. The Balaban J connectivity index is 1.48. The van der Waals surface area contributed by atoms with Gasteiger partial charge in [0.15, 0.2) is 11.5 Å². The third-order valence-corrected chi connectivity index (χ3v) is 3.90. The number of hydrogen-bond acceptors (Lipinski definition) is 6. The summed E-state index contributed by atoms with van der Waals surface area (Å²) in [6.07, 6.45) is 0.609. The molecule has 0 radical (unpaired) electrons. The van der Waals surface area contributed by atoms with Crippen LogP contribution in [0, 0.1) is 13.8 Å². The molecule has 4 aromatic rings. The van der Waals surface area contributed by atoms with Crippen LogP contribution < -0.4 is 0 Å². The van der Waals surface area contributed by atoms with Crippen molar-refractivity contribution in [1.82, 2.24) is 25.1 Å². The van der Waals surface area contributed by atoms with E-state index in [2.05, 4.69) is 20.5 Å². The maximum atomic E-state index is 5.70. The van der Waals surface area contributed by atoms with Crippen molar-refractivity contribution in [3.63, 3.8) is 0 Å². The molecule has 3 aromatic heterocycles. The molecule has 1 aromatic carbocycles. The summed E-state index contributed by atoms with van der Waals surface area (Å²) in [4.78, 5) is 0. The first-order valence-corrected chi connectivity index (χ1v) is 8.05. The van der Waals surface area contributed by atoms with Gasteiger partial charge in [0.25, 0.3) is 5.89 Å². The molecule has 4 rings (SSSR count). The van der Waals surface area contributed by atoms with Crippen molar-refractivity contribution >= 4 is 0 Å². The van der Waals surface area contributed by atoms with E-state index in [0.29, 0.717) is 36.2 Å². The maximum absolute atomic E-state index is 5.70. The van der Waals surface area contributed by atoms with Crippen molar-refractivity contribution in [2.75, 3.05) is 0 Å². The number of benzene rings is 1. The molecule has 0 fully saturated rings. The van der Waals surface area contributed by atoms with Crippen LogP contribution in [0.2, 0.25) is 0 Å². The Morgan fingerprint density at radius 1 is 1.04 bits per heavy atom. The van der Waals surface area contributed by atoms with Crippen LogP contribution in [-0.4, -0.2) is 25.1 Å². The van der Waals surface area contributed by atoms with E-state index in [1.165, 1.54) is 0 Å². The fourth-order valence-corrected chi connectivity index (χ4v) is 2.68. The fourth-order valence-electron chi connectivity index (χ4n) is 2.68. The summed E-state index contributed by atoms with van der Waals surface area (Å²) in [6.45, 7) is 4.69. The smallest absolute Gasteiger partial charge is 0.269 e. The predicted octanol–water partition coefficient (Wildman–Crippen LogP) is 3.45. The van der Waals surface area contributed by atoms with E-state index < -0.39 is 0 Å². The lowest BCUT2D eigenvalue weighted by Crippen LogP contribution is -2.05. The number of nitrogens with zero attached hydrogens (tertiary/aromatic N) is 5. The van der Waals surface area contributed by atoms with Gasteiger partial charge >= 0.3 is 0 Å². The third-order valence-electron chi connectivity index (χ3n) is 3.90. The van der Waals surface area contributed by atoms with E-state index in [1.807, 2.05) is 54.9 Å². The summed E-state index contributed by atoms with van der Waals surface area (Å²) in [5, 5.41) is 16.6. The van der Waals surface area contributed by atoms with Gasteiger partial charge in [0, 0.05) is 30.3 Å². The minimum atomic E-state index is 0.356. The van der Waals surface area contributed by atoms with Gasteiger partial charge in [-0.3, -0.25) is 4.68 Å². The highest BCUT2D eigenvalue weighted by Crippen LogP contribution is 2.25. The van der Waals surface area contributed by atoms with E-state index in [-0.39, 0.29) is 0 Å². The Morgan fingerprint density at radius 2 is 1.88 bits per heavy atom. The van der Waals surface area contributed by atoms with Gasteiger partial charge in [-0.1, -0.05) is 35.5 Å². The Bertz CT molecular complexity index is 984.